The van der Waals surface area contributed by atoms with Gasteiger partial charge in [-0.25, -0.2) is 9.97 Å². The first-order valence-electron chi connectivity index (χ1n) is 13.0. The summed E-state index contributed by atoms with van der Waals surface area (Å²) >= 11 is 0. The van der Waals surface area contributed by atoms with Crippen LogP contribution in [0.3, 0.4) is 0 Å². The van der Waals surface area contributed by atoms with Gasteiger partial charge in [-0.15, -0.1) is 0 Å². The first-order chi connectivity index (χ1) is 18.7. The first kappa shape index (κ1) is 26.1. The molecule has 1 atom stereocenters. The highest BCUT2D eigenvalue weighted by Gasteiger charge is 2.25. The van der Waals surface area contributed by atoms with Crippen molar-refractivity contribution in [2.24, 2.45) is 0 Å². The van der Waals surface area contributed by atoms with Crippen molar-refractivity contribution in [1.82, 2.24) is 30.4 Å². The number of nitrogens with zero attached hydrogens (tertiary/aromatic N) is 4. The Kier molecular flexibility index (Phi) is 6.91. The van der Waals surface area contributed by atoms with Gasteiger partial charge in [0.25, 0.3) is 0 Å². The smallest absolute Gasteiger partial charge is 0.315 e. The number of hydrogen-bond donors (Lipinski definition) is 2. The molecular formula is C30H32N6O3. The van der Waals surface area contributed by atoms with Gasteiger partial charge >= 0.3 is 11.8 Å². The lowest BCUT2D eigenvalue weighted by atomic mass is 9.96. The molecule has 0 saturated carbocycles. The summed E-state index contributed by atoms with van der Waals surface area (Å²) in [6.45, 7) is 12.4. The van der Waals surface area contributed by atoms with Gasteiger partial charge in [-0.2, -0.15) is 4.98 Å². The van der Waals surface area contributed by atoms with E-state index in [9.17, 15) is 4.79 Å². The summed E-state index contributed by atoms with van der Waals surface area (Å²) in [7, 11) is 0. The van der Waals surface area contributed by atoms with Crippen LogP contribution < -0.4 is 5.32 Å². The number of ether oxygens (including phenoxy) is 1. The average Bonchev–Trinajstić information content (AvgIpc) is 3.54. The second-order valence-corrected chi connectivity index (χ2v) is 10.6. The van der Waals surface area contributed by atoms with E-state index >= 15 is 0 Å². The van der Waals surface area contributed by atoms with Gasteiger partial charge in [0.15, 0.2) is 5.82 Å². The minimum Gasteiger partial charge on any atom is -0.501 e. The van der Waals surface area contributed by atoms with Crippen LogP contribution in [0.5, 0.6) is 0 Å². The molecule has 1 unspecified atom stereocenters. The van der Waals surface area contributed by atoms with Crippen molar-refractivity contribution < 1.29 is 14.1 Å². The van der Waals surface area contributed by atoms with Gasteiger partial charge < -0.3 is 19.6 Å². The number of aromatic amines is 1. The Balaban J connectivity index is 1.42. The van der Waals surface area contributed by atoms with Gasteiger partial charge in [-0.05, 0) is 55.7 Å². The van der Waals surface area contributed by atoms with Crippen molar-refractivity contribution >= 4 is 33.9 Å². The quantitative estimate of drug-likeness (QED) is 0.241. The van der Waals surface area contributed by atoms with E-state index in [0.717, 1.165) is 49.9 Å². The highest BCUT2D eigenvalue weighted by atomic mass is 16.5. The molecule has 0 radical (unpaired) electrons. The molecule has 1 amide bonds. The zero-order valence-electron chi connectivity index (χ0n) is 23.0. The minimum atomic E-state index is -0.402. The molecule has 200 valence electrons. The third-order valence-electron chi connectivity index (χ3n) is 6.59. The van der Waals surface area contributed by atoms with Crippen LogP contribution in [0.2, 0.25) is 0 Å². The molecule has 2 N–H and O–H groups in total. The van der Waals surface area contributed by atoms with Gasteiger partial charge in [0.2, 0.25) is 0 Å². The molecule has 0 aliphatic heterocycles. The van der Waals surface area contributed by atoms with Crippen LogP contribution in [-0.2, 0) is 10.2 Å². The molecule has 9 nitrogen and oxygen atoms in total. The third-order valence-corrected chi connectivity index (χ3v) is 6.59. The largest absolute Gasteiger partial charge is 0.501 e. The summed E-state index contributed by atoms with van der Waals surface area (Å²) in [5, 5.41) is 8.93. The third kappa shape index (κ3) is 5.25. The Morgan fingerprint density at radius 1 is 1.18 bits per heavy atom. The van der Waals surface area contributed by atoms with Crippen molar-refractivity contribution in [2.45, 2.75) is 53.0 Å². The number of rotatable bonds is 7. The number of amides is 1. The molecule has 9 heteroatoms. The number of hydrogen-bond acceptors (Lipinski definition) is 7. The molecule has 0 saturated heterocycles. The summed E-state index contributed by atoms with van der Waals surface area (Å²) < 4.78 is 10.5. The van der Waals surface area contributed by atoms with E-state index in [0.29, 0.717) is 12.4 Å². The lowest BCUT2D eigenvalue weighted by molar-refractivity contribution is 0.0895. The number of nitrogens with one attached hydrogen (secondary N) is 2. The number of carbonyl (C=O) groups is 1. The van der Waals surface area contributed by atoms with Crippen molar-refractivity contribution in [2.75, 3.05) is 6.61 Å². The Morgan fingerprint density at radius 3 is 2.72 bits per heavy atom. The zero-order chi connectivity index (χ0) is 27.7. The standard InChI is InChI=1S/C30H32N6O3/c1-7-38-13-12-19-8-10-22-23(15-19)34-26-24(22)25(31-16-32-26)20-9-11-21(17(2)14-20)18(3)33-27(37)28-35-29(36-39-28)30(4,5)6/h8-16,18H,7H2,1-6H3,(H,33,37)(H,31,32,34). The van der Waals surface area contributed by atoms with Gasteiger partial charge in [0.05, 0.1) is 30.0 Å². The van der Waals surface area contributed by atoms with E-state index in [2.05, 4.69) is 54.7 Å². The highest BCUT2D eigenvalue weighted by Crippen LogP contribution is 2.34. The summed E-state index contributed by atoms with van der Waals surface area (Å²) in [6, 6.07) is 12.1. The molecule has 3 aromatic heterocycles. The molecule has 0 fully saturated rings. The molecule has 0 bridgehead atoms. The fraction of sp³-hybridized carbons (Fsp3) is 0.300. The molecule has 39 heavy (non-hydrogen) atoms. The van der Waals surface area contributed by atoms with Crippen LogP contribution in [0.1, 0.15) is 73.9 Å². The zero-order valence-corrected chi connectivity index (χ0v) is 23.0. The van der Waals surface area contributed by atoms with Crippen LogP contribution in [-0.4, -0.2) is 37.6 Å². The van der Waals surface area contributed by atoms with Crippen molar-refractivity contribution in [3.63, 3.8) is 0 Å². The Hall–Kier alpha value is -4.53. The molecule has 5 rings (SSSR count). The summed E-state index contributed by atoms with van der Waals surface area (Å²) in [6.07, 6.45) is 5.21. The number of H-pyrrole nitrogens is 1. The van der Waals surface area contributed by atoms with E-state index in [4.69, 9.17) is 9.26 Å². The first-order valence-corrected chi connectivity index (χ1v) is 13.0. The topological polar surface area (TPSA) is 119 Å². The molecule has 0 spiro atoms. The Morgan fingerprint density at radius 2 is 2.00 bits per heavy atom. The average molecular weight is 525 g/mol. The van der Waals surface area contributed by atoms with Crippen molar-refractivity contribution in [3.8, 4) is 11.3 Å². The monoisotopic (exact) mass is 524 g/mol. The minimum absolute atomic E-state index is 0.0414. The number of carbonyl (C=O) groups excluding carboxylic acids is 1. The second kappa shape index (κ2) is 10.3. The van der Waals surface area contributed by atoms with Gasteiger partial charge in [-0.3, -0.25) is 4.79 Å². The summed E-state index contributed by atoms with van der Waals surface area (Å²) in [4.78, 5) is 29.6. The van der Waals surface area contributed by atoms with E-state index in [1.807, 2.05) is 59.8 Å². The lowest BCUT2D eigenvalue weighted by Crippen LogP contribution is -2.27. The van der Waals surface area contributed by atoms with E-state index in [-0.39, 0.29) is 17.3 Å². The van der Waals surface area contributed by atoms with E-state index in [1.54, 1.807) is 12.6 Å². The SMILES string of the molecule is CCOC=Cc1ccc2c(c1)[nH]c1ncnc(-c3ccc(C(C)NC(=O)c4nc(C(C)(C)C)no4)c(C)c3)c12. The summed E-state index contributed by atoms with van der Waals surface area (Å²) in [5.41, 5.74) is 6.30. The maximum absolute atomic E-state index is 12.8. The van der Waals surface area contributed by atoms with Gasteiger partial charge in [0.1, 0.15) is 12.0 Å². The normalized spacial score (nSPS) is 12.9. The maximum Gasteiger partial charge on any atom is 0.315 e. The number of fused-ring (bicyclic) bond motifs is 3. The van der Waals surface area contributed by atoms with Crippen LogP contribution in [0.4, 0.5) is 0 Å². The molecule has 3 heterocycles. The lowest BCUT2D eigenvalue weighted by Gasteiger charge is -2.16. The predicted octanol–water partition coefficient (Wildman–Crippen LogP) is 6.27. The maximum atomic E-state index is 12.8. The Labute approximate surface area is 226 Å². The van der Waals surface area contributed by atoms with Gasteiger partial charge in [-0.1, -0.05) is 50.2 Å². The molecule has 2 aromatic carbocycles. The summed E-state index contributed by atoms with van der Waals surface area (Å²) in [5.74, 6) is 0.0496. The van der Waals surface area contributed by atoms with Crippen molar-refractivity contribution in [1.29, 1.82) is 0 Å². The van der Waals surface area contributed by atoms with E-state index in [1.165, 1.54) is 0 Å². The second-order valence-electron chi connectivity index (χ2n) is 10.6. The van der Waals surface area contributed by atoms with Crippen LogP contribution in [0.25, 0.3) is 39.3 Å². The predicted molar refractivity (Wildman–Crippen MR) is 151 cm³/mol. The van der Waals surface area contributed by atoms with Crippen LogP contribution >= 0.6 is 0 Å². The molecule has 5 aromatic rings. The fourth-order valence-electron chi connectivity index (χ4n) is 4.56. The number of aryl methyl sites for hydroxylation is 1. The van der Waals surface area contributed by atoms with Crippen molar-refractivity contribution in [3.05, 3.63) is 77.4 Å². The highest BCUT2D eigenvalue weighted by molar-refractivity contribution is 6.12. The fourth-order valence-corrected chi connectivity index (χ4v) is 4.56. The van der Waals surface area contributed by atoms with Gasteiger partial charge in [0, 0.05) is 21.9 Å². The number of aromatic nitrogens is 5. The van der Waals surface area contributed by atoms with E-state index < -0.39 is 5.91 Å². The molecular weight excluding hydrogens is 492 g/mol. The molecule has 0 aliphatic rings. The van der Waals surface area contributed by atoms with Crippen LogP contribution in [0, 0.1) is 6.92 Å². The Bertz CT molecular complexity index is 1690. The van der Waals surface area contributed by atoms with Crippen LogP contribution in [0.15, 0.2) is 53.5 Å². The molecule has 0 aliphatic carbocycles. The number of benzene rings is 2.